The first-order valence-corrected chi connectivity index (χ1v) is 11.3. The van der Waals surface area contributed by atoms with Gasteiger partial charge in [0.25, 0.3) is 0 Å². The van der Waals surface area contributed by atoms with E-state index in [1.165, 1.54) is 12.1 Å². The number of nitrogens with one attached hydrogen (secondary N) is 2. The number of methoxy groups -OCH3 is 1. The first kappa shape index (κ1) is 21.9. The first-order chi connectivity index (χ1) is 15.5. The Morgan fingerprint density at radius 1 is 1.06 bits per heavy atom. The van der Waals surface area contributed by atoms with Crippen LogP contribution in [0.5, 0.6) is 5.75 Å². The molecule has 32 heavy (non-hydrogen) atoms. The van der Waals surface area contributed by atoms with Gasteiger partial charge in [0, 0.05) is 23.6 Å². The lowest BCUT2D eigenvalue weighted by Gasteiger charge is -2.12. The number of hydrogen-bond acceptors (Lipinski definition) is 5. The second-order valence-electron chi connectivity index (χ2n) is 7.40. The van der Waals surface area contributed by atoms with Crippen molar-refractivity contribution in [3.05, 3.63) is 76.7 Å². The number of ether oxygens (including phenoxy) is 1. The number of carbonyl (C=O) groups is 2. The summed E-state index contributed by atoms with van der Waals surface area (Å²) in [5, 5.41) is 10.3. The van der Waals surface area contributed by atoms with Crippen LogP contribution in [0.15, 0.2) is 48.5 Å². The number of carbonyl (C=O) groups excluding carboxylic acids is 2. The van der Waals surface area contributed by atoms with E-state index in [9.17, 15) is 14.0 Å². The minimum atomic E-state index is -0.320. The molecule has 3 aromatic rings. The Morgan fingerprint density at radius 2 is 1.78 bits per heavy atom. The van der Waals surface area contributed by atoms with E-state index >= 15 is 0 Å². The second-order valence-corrected chi connectivity index (χ2v) is 8.39. The summed E-state index contributed by atoms with van der Waals surface area (Å²) in [6, 6.07) is 13.3. The van der Waals surface area contributed by atoms with E-state index in [0.717, 1.165) is 39.6 Å². The molecule has 1 aliphatic heterocycles. The molecular weight excluding hydrogens is 431 g/mol. The zero-order chi connectivity index (χ0) is 22.5. The van der Waals surface area contributed by atoms with Crippen LogP contribution in [0.4, 0.5) is 10.2 Å². The van der Waals surface area contributed by atoms with Crippen LogP contribution < -0.4 is 15.4 Å². The maximum Gasteiger partial charge on any atom is 0.242 e. The zero-order valence-corrected chi connectivity index (χ0v) is 18.4. The average molecular weight is 455 g/mol. The topological polar surface area (TPSA) is 85.2 Å². The van der Waals surface area contributed by atoms with E-state index in [0.29, 0.717) is 5.82 Å². The third-order valence-electron chi connectivity index (χ3n) is 5.10. The van der Waals surface area contributed by atoms with Crippen molar-refractivity contribution in [3.8, 4) is 5.75 Å². The lowest BCUT2D eigenvalue weighted by atomic mass is 10.1. The summed E-state index contributed by atoms with van der Waals surface area (Å²) >= 11 is 1.72. The van der Waals surface area contributed by atoms with Crippen molar-refractivity contribution in [1.29, 1.82) is 0 Å². The number of halogens is 1. The Morgan fingerprint density at radius 3 is 2.50 bits per heavy atom. The molecule has 0 saturated carbocycles. The molecule has 0 fully saturated rings. The molecule has 1 aromatic heterocycles. The molecular formula is C23H23FN4O3S. The Labute approximate surface area is 189 Å². The number of anilines is 1. The predicted molar refractivity (Wildman–Crippen MR) is 121 cm³/mol. The number of nitrogens with zero attached hydrogens (tertiary/aromatic N) is 2. The van der Waals surface area contributed by atoms with Crippen LogP contribution in [0, 0.1) is 5.82 Å². The van der Waals surface area contributed by atoms with E-state index in [1.807, 2.05) is 24.3 Å². The highest BCUT2D eigenvalue weighted by atomic mass is 32.2. The number of thioether (sulfide) groups is 1. The van der Waals surface area contributed by atoms with Crippen molar-refractivity contribution < 1.29 is 18.7 Å². The monoisotopic (exact) mass is 454 g/mol. The molecule has 2 aromatic carbocycles. The molecule has 1 aliphatic rings. The summed E-state index contributed by atoms with van der Waals surface area (Å²) in [5.74, 6) is 2.05. The number of amides is 2. The van der Waals surface area contributed by atoms with Crippen molar-refractivity contribution in [1.82, 2.24) is 15.1 Å². The normalized spacial score (nSPS) is 12.3. The molecule has 0 saturated heterocycles. The summed E-state index contributed by atoms with van der Waals surface area (Å²) < 4.78 is 19.7. The van der Waals surface area contributed by atoms with Gasteiger partial charge in [-0.15, -0.1) is 0 Å². The van der Waals surface area contributed by atoms with Crippen molar-refractivity contribution in [3.63, 3.8) is 0 Å². The maximum absolute atomic E-state index is 13.0. The van der Waals surface area contributed by atoms with Crippen molar-refractivity contribution in [2.75, 3.05) is 12.4 Å². The summed E-state index contributed by atoms with van der Waals surface area (Å²) in [4.78, 5) is 25.2. The number of benzene rings is 2. The largest absolute Gasteiger partial charge is 0.497 e. The van der Waals surface area contributed by atoms with E-state index < -0.39 is 0 Å². The van der Waals surface area contributed by atoms with E-state index in [1.54, 1.807) is 35.7 Å². The SMILES string of the molecule is COc1ccc(CC(=O)Nc2c3c(nn2CC(=O)NCc2ccc(F)cc2)CSC3)cc1. The van der Waals surface area contributed by atoms with Crippen LogP contribution >= 0.6 is 11.8 Å². The van der Waals surface area contributed by atoms with Gasteiger partial charge in [-0.1, -0.05) is 24.3 Å². The average Bonchev–Trinajstić information content (AvgIpc) is 3.36. The van der Waals surface area contributed by atoms with Gasteiger partial charge in [-0.25, -0.2) is 9.07 Å². The maximum atomic E-state index is 13.0. The minimum Gasteiger partial charge on any atom is -0.497 e. The molecule has 166 valence electrons. The summed E-state index contributed by atoms with van der Waals surface area (Å²) in [7, 11) is 1.59. The lowest BCUT2D eigenvalue weighted by Crippen LogP contribution is -2.29. The van der Waals surface area contributed by atoms with Gasteiger partial charge in [-0.2, -0.15) is 16.9 Å². The van der Waals surface area contributed by atoms with Gasteiger partial charge in [0.15, 0.2) is 0 Å². The quantitative estimate of drug-likeness (QED) is 0.546. The molecule has 0 bridgehead atoms. The predicted octanol–water partition coefficient (Wildman–Crippen LogP) is 3.28. The first-order valence-electron chi connectivity index (χ1n) is 10.1. The molecule has 7 nitrogen and oxygen atoms in total. The molecule has 0 aliphatic carbocycles. The highest BCUT2D eigenvalue weighted by molar-refractivity contribution is 7.98. The number of hydrogen-bond donors (Lipinski definition) is 2. The fourth-order valence-corrected chi connectivity index (χ4v) is 4.46. The van der Waals surface area contributed by atoms with Crippen LogP contribution in [0.2, 0.25) is 0 Å². The van der Waals surface area contributed by atoms with Crippen molar-refractivity contribution >= 4 is 29.4 Å². The molecule has 0 unspecified atom stereocenters. The molecule has 0 radical (unpaired) electrons. The van der Waals surface area contributed by atoms with Gasteiger partial charge >= 0.3 is 0 Å². The van der Waals surface area contributed by atoms with Gasteiger partial charge in [-0.05, 0) is 35.4 Å². The smallest absolute Gasteiger partial charge is 0.242 e. The molecule has 4 rings (SSSR count). The third kappa shape index (κ3) is 5.28. The minimum absolute atomic E-state index is 0.0169. The Balaban J connectivity index is 1.41. The standard InChI is InChI=1S/C23H23FN4O3S/c1-31-18-8-4-15(5-9-18)10-21(29)26-23-19-13-32-14-20(19)27-28(23)12-22(30)25-11-16-2-6-17(24)7-3-16/h2-9H,10-14H2,1H3,(H,25,30)(H,26,29). The van der Waals surface area contributed by atoms with Gasteiger partial charge in [0.05, 0.1) is 19.2 Å². The molecule has 2 heterocycles. The van der Waals surface area contributed by atoms with Gasteiger partial charge in [0.2, 0.25) is 11.8 Å². The van der Waals surface area contributed by atoms with Crippen LogP contribution in [0.1, 0.15) is 22.4 Å². The summed E-state index contributed by atoms with van der Waals surface area (Å²) in [6.07, 6.45) is 0.202. The number of rotatable bonds is 8. The van der Waals surface area contributed by atoms with Crippen LogP contribution in [0.3, 0.4) is 0 Å². The molecule has 9 heteroatoms. The van der Waals surface area contributed by atoms with Crippen molar-refractivity contribution in [2.45, 2.75) is 31.0 Å². The van der Waals surface area contributed by atoms with Gasteiger partial charge < -0.3 is 15.4 Å². The third-order valence-corrected chi connectivity index (χ3v) is 6.07. The molecule has 0 spiro atoms. The number of fused-ring (bicyclic) bond motifs is 1. The fraction of sp³-hybridized carbons (Fsp3) is 0.261. The molecule has 2 amide bonds. The van der Waals surface area contributed by atoms with Crippen LogP contribution in [-0.2, 0) is 40.6 Å². The zero-order valence-electron chi connectivity index (χ0n) is 17.6. The number of aromatic nitrogens is 2. The Bertz CT molecular complexity index is 1110. The summed E-state index contributed by atoms with van der Waals surface area (Å²) in [5.41, 5.74) is 3.51. The molecule has 0 atom stereocenters. The summed E-state index contributed by atoms with van der Waals surface area (Å²) in [6.45, 7) is 0.270. The van der Waals surface area contributed by atoms with E-state index in [2.05, 4.69) is 15.7 Å². The molecule has 2 N–H and O–H groups in total. The van der Waals surface area contributed by atoms with E-state index in [-0.39, 0.29) is 37.1 Å². The van der Waals surface area contributed by atoms with Crippen molar-refractivity contribution in [2.24, 2.45) is 0 Å². The van der Waals surface area contributed by atoms with Crippen LogP contribution in [0.25, 0.3) is 0 Å². The highest BCUT2D eigenvalue weighted by Crippen LogP contribution is 2.34. The fourth-order valence-electron chi connectivity index (χ4n) is 3.42. The second kappa shape index (κ2) is 9.86. The van der Waals surface area contributed by atoms with E-state index in [4.69, 9.17) is 4.74 Å². The highest BCUT2D eigenvalue weighted by Gasteiger charge is 2.25. The Hall–Kier alpha value is -3.33. The Kier molecular flexibility index (Phi) is 6.75. The van der Waals surface area contributed by atoms with Crippen LogP contribution in [-0.4, -0.2) is 28.7 Å². The van der Waals surface area contributed by atoms with Gasteiger partial charge in [0.1, 0.15) is 23.9 Å². The lowest BCUT2D eigenvalue weighted by molar-refractivity contribution is -0.122. The van der Waals surface area contributed by atoms with Gasteiger partial charge in [-0.3, -0.25) is 9.59 Å².